The van der Waals surface area contributed by atoms with Gasteiger partial charge in [-0.05, 0) is 43.6 Å². The molecule has 0 bridgehead atoms. The fourth-order valence-corrected chi connectivity index (χ4v) is 9.29. The Bertz CT molecular complexity index is 629. The first-order valence-corrected chi connectivity index (χ1v) is 11.1. The summed E-state index contributed by atoms with van der Waals surface area (Å²) < 4.78 is 11.6. The minimum absolute atomic E-state index is 0.0182. The lowest BCUT2D eigenvalue weighted by Gasteiger charge is -2.40. The summed E-state index contributed by atoms with van der Waals surface area (Å²) in [5.41, 5.74) is 0.816. The SMILES string of the molecule is COC(=O)[C@@]1(C)C[C@H]2[C@@H](OCc3ccccc3)CC[C@H]2C12SCCS2. The van der Waals surface area contributed by atoms with Crippen molar-refractivity contribution in [1.82, 2.24) is 0 Å². The van der Waals surface area contributed by atoms with E-state index in [9.17, 15) is 4.79 Å². The van der Waals surface area contributed by atoms with Crippen molar-refractivity contribution in [2.45, 2.75) is 43.0 Å². The average Bonchev–Trinajstić information content (AvgIpc) is 3.33. The van der Waals surface area contributed by atoms with Crippen LogP contribution < -0.4 is 0 Å². The molecule has 1 spiro atoms. The van der Waals surface area contributed by atoms with Crippen molar-refractivity contribution in [3.8, 4) is 0 Å². The topological polar surface area (TPSA) is 35.5 Å². The Kier molecular flexibility index (Phi) is 4.84. The summed E-state index contributed by atoms with van der Waals surface area (Å²) in [6, 6.07) is 10.4. The van der Waals surface area contributed by atoms with Crippen molar-refractivity contribution < 1.29 is 14.3 Å². The van der Waals surface area contributed by atoms with E-state index in [0.29, 0.717) is 18.4 Å². The Hall–Kier alpha value is -0.650. The molecule has 3 fully saturated rings. The van der Waals surface area contributed by atoms with Crippen molar-refractivity contribution in [2.75, 3.05) is 18.6 Å². The van der Waals surface area contributed by atoms with Crippen LogP contribution in [0.25, 0.3) is 0 Å². The zero-order valence-corrected chi connectivity index (χ0v) is 16.5. The molecule has 0 N–H and O–H groups in total. The number of ether oxygens (including phenoxy) is 2. The minimum atomic E-state index is -0.405. The number of carbonyl (C=O) groups is 1. The van der Waals surface area contributed by atoms with Gasteiger partial charge in [-0.1, -0.05) is 30.3 Å². The summed E-state index contributed by atoms with van der Waals surface area (Å²) in [7, 11) is 1.53. The third kappa shape index (κ3) is 2.74. The molecule has 5 heteroatoms. The van der Waals surface area contributed by atoms with Crippen molar-refractivity contribution in [2.24, 2.45) is 17.3 Å². The summed E-state index contributed by atoms with van der Waals surface area (Å²) in [6.45, 7) is 2.80. The van der Waals surface area contributed by atoms with Gasteiger partial charge in [-0.15, -0.1) is 23.5 Å². The maximum absolute atomic E-state index is 12.7. The van der Waals surface area contributed by atoms with Gasteiger partial charge < -0.3 is 9.47 Å². The van der Waals surface area contributed by atoms with Crippen molar-refractivity contribution in [3.05, 3.63) is 35.9 Å². The van der Waals surface area contributed by atoms with Crippen LogP contribution in [0.3, 0.4) is 0 Å². The Morgan fingerprint density at radius 2 is 1.92 bits per heavy atom. The number of methoxy groups -OCH3 is 1. The van der Waals surface area contributed by atoms with E-state index in [1.807, 2.05) is 29.6 Å². The Balaban J connectivity index is 1.54. The van der Waals surface area contributed by atoms with Crippen LogP contribution in [0.15, 0.2) is 30.3 Å². The molecule has 1 heterocycles. The molecule has 2 aliphatic carbocycles. The molecule has 1 aromatic carbocycles. The summed E-state index contributed by atoms with van der Waals surface area (Å²) >= 11 is 4.00. The largest absolute Gasteiger partial charge is 0.469 e. The van der Waals surface area contributed by atoms with Gasteiger partial charge in [-0.3, -0.25) is 4.79 Å². The lowest BCUT2D eigenvalue weighted by molar-refractivity contribution is -0.152. The molecule has 1 saturated heterocycles. The predicted octanol–water partition coefficient (Wildman–Crippen LogP) is 4.36. The number of rotatable bonds is 4. The Morgan fingerprint density at radius 1 is 1.20 bits per heavy atom. The van der Waals surface area contributed by atoms with Gasteiger partial charge in [0.1, 0.15) is 0 Å². The predicted molar refractivity (Wildman–Crippen MR) is 104 cm³/mol. The number of fused-ring (bicyclic) bond motifs is 2. The highest BCUT2D eigenvalue weighted by Crippen LogP contribution is 2.71. The molecule has 4 rings (SSSR count). The molecular formula is C20H26O3S2. The molecular weight excluding hydrogens is 352 g/mol. The molecule has 2 saturated carbocycles. The monoisotopic (exact) mass is 378 g/mol. The van der Waals surface area contributed by atoms with E-state index in [1.54, 1.807) is 0 Å². The third-order valence-corrected chi connectivity index (χ3v) is 10.5. The molecule has 0 amide bonds. The molecule has 25 heavy (non-hydrogen) atoms. The molecule has 3 aliphatic rings. The maximum Gasteiger partial charge on any atom is 0.313 e. The molecule has 1 aliphatic heterocycles. The zero-order valence-electron chi connectivity index (χ0n) is 14.9. The van der Waals surface area contributed by atoms with Crippen LogP contribution >= 0.6 is 23.5 Å². The number of hydrogen-bond donors (Lipinski definition) is 0. The smallest absolute Gasteiger partial charge is 0.313 e. The lowest BCUT2D eigenvalue weighted by atomic mass is 9.84. The highest BCUT2D eigenvalue weighted by Gasteiger charge is 2.69. The van der Waals surface area contributed by atoms with E-state index in [-0.39, 0.29) is 16.2 Å². The second-order valence-corrected chi connectivity index (χ2v) is 10.5. The lowest BCUT2D eigenvalue weighted by Crippen LogP contribution is -2.45. The van der Waals surface area contributed by atoms with Gasteiger partial charge in [0.2, 0.25) is 0 Å². The molecule has 136 valence electrons. The van der Waals surface area contributed by atoms with Crippen LogP contribution in [0, 0.1) is 17.3 Å². The van der Waals surface area contributed by atoms with E-state index >= 15 is 0 Å². The van der Waals surface area contributed by atoms with E-state index in [4.69, 9.17) is 9.47 Å². The van der Waals surface area contributed by atoms with Crippen LogP contribution in [0.1, 0.15) is 31.7 Å². The quantitative estimate of drug-likeness (QED) is 0.728. The van der Waals surface area contributed by atoms with Crippen LogP contribution in [0.2, 0.25) is 0 Å². The molecule has 3 nitrogen and oxygen atoms in total. The van der Waals surface area contributed by atoms with Gasteiger partial charge in [-0.25, -0.2) is 0 Å². The summed E-state index contributed by atoms with van der Waals surface area (Å²) in [6.07, 6.45) is 3.43. The Labute approximate surface area is 158 Å². The molecule has 0 unspecified atom stereocenters. The maximum atomic E-state index is 12.7. The van der Waals surface area contributed by atoms with Crippen molar-refractivity contribution >= 4 is 29.5 Å². The number of hydrogen-bond acceptors (Lipinski definition) is 5. The summed E-state index contributed by atoms with van der Waals surface area (Å²) in [4.78, 5) is 12.7. The summed E-state index contributed by atoms with van der Waals surface area (Å²) in [5, 5.41) is 0. The first-order chi connectivity index (χ1) is 12.1. The number of carbonyl (C=O) groups excluding carboxylic acids is 1. The fourth-order valence-electron chi connectivity index (χ4n) is 5.20. The minimum Gasteiger partial charge on any atom is -0.469 e. The van der Waals surface area contributed by atoms with Crippen molar-refractivity contribution in [1.29, 1.82) is 0 Å². The first kappa shape index (κ1) is 17.7. The molecule has 0 radical (unpaired) electrons. The molecule has 4 atom stereocenters. The highest BCUT2D eigenvalue weighted by atomic mass is 32.2. The van der Waals surface area contributed by atoms with Crippen LogP contribution in [0.5, 0.6) is 0 Å². The average molecular weight is 379 g/mol. The van der Waals surface area contributed by atoms with Crippen LogP contribution in [-0.4, -0.2) is 34.8 Å². The normalized spacial score (nSPS) is 35.8. The highest BCUT2D eigenvalue weighted by molar-refractivity contribution is 8.21. The van der Waals surface area contributed by atoms with E-state index in [1.165, 1.54) is 12.7 Å². The number of esters is 1. The van der Waals surface area contributed by atoms with Gasteiger partial charge in [-0.2, -0.15) is 0 Å². The van der Waals surface area contributed by atoms with Crippen LogP contribution in [0.4, 0.5) is 0 Å². The third-order valence-electron chi connectivity index (χ3n) is 6.32. The summed E-state index contributed by atoms with van der Waals surface area (Å²) in [5.74, 6) is 3.25. The van der Waals surface area contributed by atoms with E-state index in [2.05, 4.69) is 31.2 Å². The standard InChI is InChI=1S/C20H26O3S2/c1-19(18(21)22-2)12-15-16(20(19)24-10-11-25-20)8-9-17(15)23-13-14-6-4-3-5-7-14/h3-7,15-17H,8-13H2,1-2H3/t15-,16-,17+,19-/m1/s1. The molecule has 0 aromatic heterocycles. The Morgan fingerprint density at radius 3 is 2.60 bits per heavy atom. The molecule has 1 aromatic rings. The van der Waals surface area contributed by atoms with Gasteiger partial charge >= 0.3 is 5.97 Å². The second kappa shape index (κ2) is 6.82. The van der Waals surface area contributed by atoms with Crippen LogP contribution in [-0.2, 0) is 20.9 Å². The van der Waals surface area contributed by atoms with Crippen molar-refractivity contribution in [3.63, 3.8) is 0 Å². The zero-order chi connectivity index (χ0) is 17.5. The second-order valence-electron chi connectivity index (χ2n) is 7.57. The van der Waals surface area contributed by atoms with Gasteiger partial charge in [0.05, 0.1) is 29.3 Å². The number of thioether (sulfide) groups is 2. The van der Waals surface area contributed by atoms with Gasteiger partial charge in [0, 0.05) is 11.5 Å². The fraction of sp³-hybridized carbons (Fsp3) is 0.650. The first-order valence-electron chi connectivity index (χ1n) is 9.12. The number of benzene rings is 1. The van der Waals surface area contributed by atoms with Gasteiger partial charge in [0.15, 0.2) is 0 Å². The van der Waals surface area contributed by atoms with E-state index in [0.717, 1.165) is 30.8 Å². The van der Waals surface area contributed by atoms with Gasteiger partial charge in [0.25, 0.3) is 0 Å². The van der Waals surface area contributed by atoms with E-state index < -0.39 is 5.41 Å².